The zero-order valence-electron chi connectivity index (χ0n) is 20.0. The van der Waals surface area contributed by atoms with Crippen LogP contribution in [0.4, 0.5) is 4.39 Å². The van der Waals surface area contributed by atoms with Gasteiger partial charge in [-0.15, -0.1) is 4.39 Å². The van der Waals surface area contributed by atoms with Crippen molar-refractivity contribution in [2.45, 2.75) is 84.7 Å². The zero-order chi connectivity index (χ0) is 22.7. The summed E-state index contributed by atoms with van der Waals surface area (Å²) in [5.41, 5.74) is 6.36. The highest BCUT2D eigenvalue weighted by molar-refractivity contribution is 5.81. The first-order valence-electron chi connectivity index (χ1n) is 12.2. The number of hydrogen-bond acceptors (Lipinski definition) is 1. The number of fused-ring (bicyclic) bond motifs is 3. The summed E-state index contributed by atoms with van der Waals surface area (Å²) in [6, 6.07) is 8.21. The molecule has 3 heterocycles. The van der Waals surface area contributed by atoms with Crippen LogP contribution < -0.4 is 9.13 Å². The lowest BCUT2D eigenvalue weighted by molar-refractivity contribution is -0.724. The summed E-state index contributed by atoms with van der Waals surface area (Å²) in [6.45, 7) is 10.7. The van der Waals surface area contributed by atoms with Crippen LogP contribution in [0.15, 0.2) is 49.1 Å². The Balaban J connectivity index is 1.63. The number of rotatable bonds is 9. The minimum atomic E-state index is -0.183. The lowest BCUT2D eigenvalue weighted by Crippen LogP contribution is -2.39. The first-order valence-corrected chi connectivity index (χ1v) is 12.2. The monoisotopic (exact) mass is 433 g/mol. The van der Waals surface area contributed by atoms with Gasteiger partial charge in [0.1, 0.15) is 6.54 Å². The molecule has 3 nitrogen and oxygen atoms in total. The number of nitrogens with zero attached hydrogens (tertiary/aromatic N) is 3. The second-order valence-electron chi connectivity index (χ2n) is 9.60. The van der Waals surface area contributed by atoms with E-state index in [2.05, 4.69) is 62.9 Å². The summed E-state index contributed by atoms with van der Waals surface area (Å²) >= 11 is 0. The molecule has 0 aliphatic heterocycles. The predicted octanol–water partition coefficient (Wildman–Crippen LogP) is 6.15. The molecule has 0 atom stereocenters. The lowest BCUT2D eigenvalue weighted by Gasteiger charge is -2.20. The van der Waals surface area contributed by atoms with Gasteiger partial charge in [-0.05, 0) is 24.5 Å². The van der Waals surface area contributed by atoms with E-state index >= 15 is 0 Å². The SMILES string of the molecule is CCCCC[n+]1ccc(-c2cc3c(cn2)-c2cc(F)[n+](CCCCC)cc2C3(C)C)cc1. The first-order chi connectivity index (χ1) is 15.5. The molecule has 3 aromatic rings. The highest BCUT2D eigenvalue weighted by Crippen LogP contribution is 2.48. The summed E-state index contributed by atoms with van der Waals surface area (Å²) < 4.78 is 18.9. The molecule has 0 radical (unpaired) electrons. The molecule has 0 fully saturated rings. The molecule has 1 aliphatic rings. The molecule has 0 saturated heterocycles. The summed E-state index contributed by atoms with van der Waals surface area (Å²) in [4.78, 5) is 4.76. The molecule has 168 valence electrons. The van der Waals surface area contributed by atoms with E-state index in [-0.39, 0.29) is 11.4 Å². The molecule has 1 aliphatic carbocycles. The Morgan fingerprint density at radius 3 is 2.25 bits per heavy atom. The average molecular weight is 434 g/mol. The number of hydrogen-bond donors (Lipinski definition) is 0. The summed E-state index contributed by atoms with van der Waals surface area (Å²) in [5, 5.41) is 0. The molecular weight excluding hydrogens is 397 g/mol. The van der Waals surface area contributed by atoms with Gasteiger partial charge in [0.2, 0.25) is 0 Å². The zero-order valence-corrected chi connectivity index (χ0v) is 20.0. The van der Waals surface area contributed by atoms with Crippen molar-refractivity contribution >= 4 is 0 Å². The second-order valence-corrected chi connectivity index (χ2v) is 9.60. The molecule has 0 N–H and O–H groups in total. The van der Waals surface area contributed by atoms with Gasteiger partial charge in [0.15, 0.2) is 25.1 Å². The molecule has 3 aromatic heterocycles. The standard InChI is InChI=1S/C28H36FN3/c1-5-7-9-13-31-15-11-21(12-16-31)26-18-24-23(19-30-26)22-17-27(29)32(14-10-8-6-2)20-25(22)28(24,3)4/h11-12,15-20H,5-10,13-14H2,1-4H3/q+2. The van der Waals surface area contributed by atoms with Crippen molar-refractivity contribution in [1.29, 1.82) is 0 Å². The van der Waals surface area contributed by atoms with Gasteiger partial charge in [-0.1, -0.05) is 40.5 Å². The number of halogens is 1. The minimum Gasteiger partial charge on any atom is -0.256 e. The second kappa shape index (κ2) is 9.48. The van der Waals surface area contributed by atoms with E-state index < -0.39 is 0 Å². The van der Waals surface area contributed by atoms with Crippen molar-refractivity contribution in [3.8, 4) is 22.4 Å². The van der Waals surface area contributed by atoms with Gasteiger partial charge in [-0.25, -0.2) is 4.57 Å². The molecule has 0 spiro atoms. The normalized spacial score (nSPS) is 13.8. The van der Waals surface area contributed by atoms with Crippen LogP contribution in [-0.2, 0) is 18.5 Å². The molecule has 0 aromatic carbocycles. The first kappa shape index (κ1) is 22.6. The fourth-order valence-corrected chi connectivity index (χ4v) is 4.80. The average Bonchev–Trinajstić information content (AvgIpc) is 3.00. The Hall–Kier alpha value is -2.62. The number of aromatic nitrogens is 3. The highest BCUT2D eigenvalue weighted by atomic mass is 19.1. The van der Waals surface area contributed by atoms with E-state index in [9.17, 15) is 4.39 Å². The van der Waals surface area contributed by atoms with Crippen molar-refractivity contribution in [2.75, 3.05) is 0 Å². The van der Waals surface area contributed by atoms with Crippen LogP contribution in [0, 0.1) is 5.95 Å². The lowest BCUT2D eigenvalue weighted by atomic mass is 9.83. The van der Waals surface area contributed by atoms with Crippen LogP contribution in [-0.4, -0.2) is 4.98 Å². The van der Waals surface area contributed by atoms with Crippen LogP contribution in [0.2, 0.25) is 0 Å². The van der Waals surface area contributed by atoms with E-state index in [1.165, 1.54) is 30.4 Å². The van der Waals surface area contributed by atoms with E-state index in [1.807, 2.05) is 12.4 Å². The maximum absolute atomic E-state index is 14.9. The van der Waals surface area contributed by atoms with Crippen molar-refractivity contribution in [1.82, 2.24) is 4.98 Å². The third-order valence-corrected chi connectivity index (χ3v) is 6.86. The largest absolute Gasteiger partial charge is 0.360 e. The Bertz CT molecular complexity index is 1090. The topological polar surface area (TPSA) is 20.6 Å². The van der Waals surface area contributed by atoms with Gasteiger partial charge in [0, 0.05) is 58.8 Å². The minimum absolute atomic E-state index is 0.164. The van der Waals surface area contributed by atoms with Crippen molar-refractivity contribution < 1.29 is 13.5 Å². The number of unbranched alkanes of at least 4 members (excludes halogenated alkanes) is 4. The van der Waals surface area contributed by atoms with Gasteiger partial charge in [-0.2, -0.15) is 4.57 Å². The quantitative estimate of drug-likeness (QED) is 0.225. The Labute approximate surface area is 192 Å². The van der Waals surface area contributed by atoms with Crippen LogP contribution in [0.3, 0.4) is 0 Å². The smallest absolute Gasteiger partial charge is 0.256 e. The van der Waals surface area contributed by atoms with Crippen LogP contribution in [0.1, 0.15) is 77.3 Å². The fourth-order valence-electron chi connectivity index (χ4n) is 4.80. The molecule has 32 heavy (non-hydrogen) atoms. The van der Waals surface area contributed by atoms with E-state index in [1.54, 1.807) is 10.6 Å². The van der Waals surface area contributed by atoms with Gasteiger partial charge in [-0.3, -0.25) is 4.98 Å². The third kappa shape index (κ3) is 4.32. The van der Waals surface area contributed by atoms with E-state index in [0.717, 1.165) is 54.7 Å². The molecular formula is C28H36FN3+2. The van der Waals surface area contributed by atoms with E-state index in [4.69, 9.17) is 4.98 Å². The maximum Gasteiger partial charge on any atom is 0.360 e. The van der Waals surface area contributed by atoms with Gasteiger partial charge in [0.05, 0.1) is 11.8 Å². The number of pyridine rings is 3. The molecule has 0 unspecified atom stereocenters. The van der Waals surface area contributed by atoms with Crippen molar-refractivity contribution in [3.05, 3.63) is 66.1 Å². The number of aryl methyl sites for hydroxylation is 2. The third-order valence-electron chi connectivity index (χ3n) is 6.86. The van der Waals surface area contributed by atoms with Crippen LogP contribution in [0.25, 0.3) is 22.4 Å². The van der Waals surface area contributed by atoms with Crippen LogP contribution in [0.5, 0.6) is 0 Å². The van der Waals surface area contributed by atoms with Gasteiger partial charge >= 0.3 is 5.95 Å². The Morgan fingerprint density at radius 2 is 1.56 bits per heavy atom. The summed E-state index contributed by atoms with van der Waals surface area (Å²) in [5.74, 6) is -0.164. The molecule has 4 heteroatoms. The Kier molecular flexibility index (Phi) is 6.68. The molecule has 0 amide bonds. The Morgan fingerprint density at radius 1 is 0.875 bits per heavy atom. The van der Waals surface area contributed by atoms with Gasteiger partial charge < -0.3 is 0 Å². The highest BCUT2D eigenvalue weighted by Gasteiger charge is 2.39. The summed E-state index contributed by atoms with van der Waals surface area (Å²) in [7, 11) is 0. The van der Waals surface area contributed by atoms with Gasteiger partial charge in [0.25, 0.3) is 0 Å². The van der Waals surface area contributed by atoms with E-state index in [0.29, 0.717) is 0 Å². The molecule has 4 rings (SSSR count). The predicted molar refractivity (Wildman–Crippen MR) is 127 cm³/mol. The molecule has 0 bridgehead atoms. The molecule has 0 saturated carbocycles. The fraction of sp³-hybridized carbons (Fsp3) is 0.464. The van der Waals surface area contributed by atoms with Crippen LogP contribution >= 0.6 is 0 Å². The maximum atomic E-state index is 14.9. The van der Waals surface area contributed by atoms with Crippen molar-refractivity contribution in [2.24, 2.45) is 0 Å². The van der Waals surface area contributed by atoms with Crippen molar-refractivity contribution in [3.63, 3.8) is 0 Å². The summed E-state index contributed by atoms with van der Waals surface area (Å²) in [6.07, 6.45) is 15.2.